The third-order valence-corrected chi connectivity index (χ3v) is 5.47. The number of fused-ring (bicyclic) bond motifs is 1. The predicted molar refractivity (Wildman–Crippen MR) is 114 cm³/mol. The summed E-state index contributed by atoms with van der Waals surface area (Å²) in [6.07, 6.45) is 7.59. The van der Waals surface area contributed by atoms with Gasteiger partial charge < -0.3 is 9.88 Å². The van der Waals surface area contributed by atoms with Gasteiger partial charge in [-0.15, -0.1) is 10.2 Å². The van der Waals surface area contributed by atoms with Gasteiger partial charge in [0, 0.05) is 36.6 Å². The van der Waals surface area contributed by atoms with Gasteiger partial charge in [0.25, 0.3) is 5.91 Å². The maximum absolute atomic E-state index is 14.6. The van der Waals surface area contributed by atoms with E-state index < -0.39 is 0 Å². The number of nitrogens with zero attached hydrogens (tertiary/aromatic N) is 5. The van der Waals surface area contributed by atoms with Crippen LogP contribution in [0.3, 0.4) is 0 Å². The van der Waals surface area contributed by atoms with Crippen LogP contribution in [0.25, 0.3) is 17.1 Å². The summed E-state index contributed by atoms with van der Waals surface area (Å²) in [4.78, 5) is 12.7. The van der Waals surface area contributed by atoms with Gasteiger partial charge in [-0.05, 0) is 61.4 Å². The summed E-state index contributed by atoms with van der Waals surface area (Å²) in [6.45, 7) is 0.774. The molecule has 156 valence electrons. The number of aryl methyl sites for hydroxylation is 1. The molecule has 0 fully saturated rings. The van der Waals surface area contributed by atoms with E-state index in [1.807, 2.05) is 29.0 Å². The molecular formula is C23H21FN6O. The van der Waals surface area contributed by atoms with Gasteiger partial charge in [0.15, 0.2) is 5.82 Å². The fourth-order valence-electron chi connectivity index (χ4n) is 3.85. The Morgan fingerprint density at radius 1 is 1.03 bits per heavy atom. The maximum Gasteiger partial charge on any atom is 0.255 e. The van der Waals surface area contributed by atoms with E-state index >= 15 is 0 Å². The van der Waals surface area contributed by atoms with Gasteiger partial charge in [0.2, 0.25) is 0 Å². The highest BCUT2D eigenvalue weighted by molar-refractivity contribution is 6.04. The van der Waals surface area contributed by atoms with Crippen molar-refractivity contribution in [3.63, 3.8) is 0 Å². The molecule has 7 nitrogen and oxygen atoms in total. The molecule has 2 aromatic carbocycles. The lowest BCUT2D eigenvalue weighted by atomic mass is 10.1. The van der Waals surface area contributed by atoms with Crippen molar-refractivity contribution in [2.45, 2.75) is 32.2 Å². The first-order valence-electron chi connectivity index (χ1n) is 10.3. The molecule has 0 saturated heterocycles. The van der Waals surface area contributed by atoms with Crippen molar-refractivity contribution in [2.24, 2.45) is 0 Å². The fourth-order valence-corrected chi connectivity index (χ4v) is 3.85. The van der Waals surface area contributed by atoms with E-state index in [1.54, 1.807) is 35.1 Å². The monoisotopic (exact) mass is 416 g/mol. The van der Waals surface area contributed by atoms with Crippen molar-refractivity contribution < 1.29 is 9.18 Å². The van der Waals surface area contributed by atoms with Gasteiger partial charge in [-0.1, -0.05) is 6.42 Å². The number of anilines is 1. The van der Waals surface area contributed by atoms with E-state index in [4.69, 9.17) is 0 Å². The smallest absolute Gasteiger partial charge is 0.255 e. The lowest BCUT2D eigenvalue weighted by Gasteiger charge is -2.11. The third kappa shape index (κ3) is 3.84. The van der Waals surface area contributed by atoms with Gasteiger partial charge in [-0.25, -0.2) is 9.07 Å². The SMILES string of the molecule is O=C(Nc1ccc(F)c(-c2nnc3n2CCCCC3)c1)c1ccc(-n2cccn2)cc1. The molecule has 0 atom stereocenters. The molecule has 0 bridgehead atoms. The Kier molecular flexibility index (Phi) is 5.03. The molecule has 4 aromatic rings. The minimum atomic E-state index is -0.388. The molecular weight excluding hydrogens is 395 g/mol. The number of aromatic nitrogens is 5. The van der Waals surface area contributed by atoms with E-state index in [0.717, 1.165) is 43.7 Å². The fraction of sp³-hybridized carbons (Fsp3) is 0.217. The van der Waals surface area contributed by atoms with E-state index in [9.17, 15) is 9.18 Å². The van der Waals surface area contributed by atoms with E-state index in [2.05, 4.69) is 20.6 Å². The maximum atomic E-state index is 14.6. The third-order valence-electron chi connectivity index (χ3n) is 5.47. The summed E-state index contributed by atoms with van der Waals surface area (Å²) >= 11 is 0. The molecule has 1 N–H and O–H groups in total. The van der Waals surface area contributed by atoms with Gasteiger partial charge in [0.05, 0.1) is 11.3 Å². The summed E-state index contributed by atoms with van der Waals surface area (Å²) in [6, 6.07) is 13.5. The Balaban J connectivity index is 1.38. The quantitative estimate of drug-likeness (QED) is 0.540. The normalized spacial score (nSPS) is 13.5. The van der Waals surface area contributed by atoms with Crippen molar-refractivity contribution in [2.75, 3.05) is 5.32 Å². The van der Waals surface area contributed by atoms with Gasteiger partial charge in [-0.3, -0.25) is 4.79 Å². The second-order valence-electron chi connectivity index (χ2n) is 7.55. The van der Waals surface area contributed by atoms with Gasteiger partial charge in [-0.2, -0.15) is 5.10 Å². The summed E-state index contributed by atoms with van der Waals surface area (Å²) in [5, 5.41) is 15.5. The van der Waals surface area contributed by atoms with Crippen LogP contribution in [0.1, 0.15) is 35.4 Å². The predicted octanol–water partition coefficient (Wildman–Crippen LogP) is 4.25. The number of carbonyl (C=O) groups is 1. The number of halogens is 1. The molecule has 1 amide bonds. The Morgan fingerprint density at radius 3 is 2.71 bits per heavy atom. The van der Waals surface area contributed by atoms with Crippen molar-refractivity contribution in [1.82, 2.24) is 24.5 Å². The highest BCUT2D eigenvalue weighted by Gasteiger charge is 2.19. The highest BCUT2D eigenvalue weighted by Crippen LogP contribution is 2.27. The topological polar surface area (TPSA) is 77.6 Å². The molecule has 0 saturated carbocycles. The molecule has 2 aromatic heterocycles. The molecule has 1 aliphatic heterocycles. The first-order chi connectivity index (χ1) is 15.2. The zero-order valence-corrected chi connectivity index (χ0v) is 16.8. The Morgan fingerprint density at radius 2 is 1.90 bits per heavy atom. The van der Waals surface area contributed by atoms with E-state index in [0.29, 0.717) is 22.6 Å². The Labute approximate surface area is 178 Å². The number of hydrogen-bond donors (Lipinski definition) is 1. The first kappa shape index (κ1) is 19.2. The van der Waals surface area contributed by atoms with Gasteiger partial charge in [0.1, 0.15) is 11.6 Å². The number of carbonyl (C=O) groups excluding carboxylic acids is 1. The highest BCUT2D eigenvalue weighted by atomic mass is 19.1. The van der Waals surface area contributed by atoms with Crippen molar-refractivity contribution in [3.05, 3.63) is 78.1 Å². The van der Waals surface area contributed by atoms with Gasteiger partial charge >= 0.3 is 0 Å². The molecule has 31 heavy (non-hydrogen) atoms. The number of amides is 1. The lowest BCUT2D eigenvalue weighted by Crippen LogP contribution is -2.12. The second-order valence-corrected chi connectivity index (χ2v) is 7.55. The average molecular weight is 416 g/mol. The van der Waals surface area contributed by atoms with E-state index in [1.165, 1.54) is 6.07 Å². The standard InChI is InChI=1S/C23H21FN6O/c24-20-11-8-17(15-19(20)22-28-27-21-5-2-1-3-13-29(21)22)26-23(31)16-6-9-18(10-7-16)30-14-4-12-25-30/h4,6-12,14-15H,1-3,5,13H2,(H,26,31). The second kappa shape index (κ2) is 8.14. The number of nitrogens with one attached hydrogen (secondary N) is 1. The van der Waals surface area contributed by atoms with Crippen LogP contribution in [0.2, 0.25) is 0 Å². The Bertz CT molecular complexity index is 1210. The van der Waals surface area contributed by atoms with E-state index in [-0.39, 0.29) is 11.7 Å². The van der Waals surface area contributed by atoms with Crippen LogP contribution in [-0.4, -0.2) is 30.5 Å². The first-order valence-corrected chi connectivity index (χ1v) is 10.3. The molecule has 0 radical (unpaired) electrons. The molecule has 3 heterocycles. The van der Waals surface area contributed by atoms with Crippen molar-refractivity contribution in [1.29, 1.82) is 0 Å². The minimum Gasteiger partial charge on any atom is -0.322 e. The summed E-state index contributed by atoms with van der Waals surface area (Å²) < 4.78 is 18.4. The molecule has 5 rings (SSSR count). The molecule has 0 aliphatic carbocycles. The Hall–Kier alpha value is -3.81. The molecule has 0 spiro atoms. The molecule has 8 heteroatoms. The summed E-state index contributed by atoms with van der Waals surface area (Å²) in [7, 11) is 0. The van der Waals surface area contributed by atoms with Crippen LogP contribution in [-0.2, 0) is 13.0 Å². The zero-order valence-electron chi connectivity index (χ0n) is 16.8. The number of hydrogen-bond acceptors (Lipinski definition) is 4. The molecule has 0 unspecified atom stereocenters. The largest absolute Gasteiger partial charge is 0.322 e. The van der Waals surface area contributed by atoms with Crippen LogP contribution >= 0.6 is 0 Å². The van der Waals surface area contributed by atoms with Crippen LogP contribution in [0.4, 0.5) is 10.1 Å². The zero-order chi connectivity index (χ0) is 21.2. The van der Waals surface area contributed by atoms with Crippen molar-refractivity contribution >= 4 is 11.6 Å². The van der Waals surface area contributed by atoms with Crippen LogP contribution in [0, 0.1) is 5.82 Å². The van der Waals surface area contributed by atoms with Crippen molar-refractivity contribution in [3.8, 4) is 17.1 Å². The van der Waals surface area contributed by atoms with Crippen LogP contribution < -0.4 is 5.32 Å². The van der Waals surface area contributed by atoms with Crippen LogP contribution in [0.5, 0.6) is 0 Å². The van der Waals surface area contributed by atoms with Crippen LogP contribution in [0.15, 0.2) is 60.9 Å². The number of rotatable bonds is 4. The average Bonchev–Trinajstić information content (AvgIpc) is 3.41. The minimum absolute atomic E-state index is 0.273. The lowest BCUT2D eigenvalue weighted by molar-refractivity contribution is 0.102. The molecule has 1 aliphatic rings. The summed E-state index contributed by atoms with van der Waals surface area (Å²) in [5.74, 6) is 0.735. The summed E-state index contributed by atoms with van der Waals surface area (Å²) in [5.41, 5.74) is 2.20. The number of benzene rings is 2.